The number of aliphatic imine (C=N–C) groups is 1. The van der Waals surface area contributed by atoms with Gasteiger partial charge in [0, 0.05) is 0 Å². The fraction of sp³-hybridized carbons (Fsp3) is 0.118. The molecular weight excluding hydrogens is 388 g/mol. The normalized spacial score (nSPS) is 18.0. The predicted molar refractivity (Wildman–Crippen MR) is 108 cm³/mol. The van der Waals surface area contributed by atoms with Gasteiger partial charge in [-0.15, -0.1) is 0 Å². The molecule has 0 radical (unpaired) electrons. The molecule has 1 N–H and O–H groups in total. The molecule has 0 spiro atoms. The van der Waals surface area contributed by atoms with Crippen molar-refractivity contribution in [3.63, 3.8) is 0 Å². The van der Waals surface area contributed by atoms with Crippen LogP contribution in [0.15, 0.2) is 48.6 Å². The van der Waals surface area contributed by atoms with Crippen molar-refractivity contribution in [2.75, 3.05) is 13.4 Å². The Kier molecular flexibility index (Phi) is 4.36. The summed E-state index contributed by atoms with van der Waals surface area (Å²) < 4.78 is 14.9. The van der Waals surface area contributed by atoms with Crippen LogP contribution in [-0.2, 0) is 4.79 Å². The van der Waals surface area contributed by atoms with E-state index in [2.05, 4.69) is 9.39 Å². The first kappa shape index (κ1) is 17.6. The molecule has 2 aromatic rings. The van der Waals surface area contributed by atoms with Crippen molar-refractivity contribution in [2.24, 2.45) is 9.39 Å². The highest BCUT2D eigenvalue weighted by molar-refractivity contribution is 8.18. The van der Waals surface area contributed by atoms with Gasteiger partial charge >= 0.3 is 0 Å². The molecule has 4 rings (SSSR count). The number of hydrogen-bond acceptors (Lipinski definition) is 8. The number of thioether (sulfide) groups is 1. The summed E-state index contributed by atoms with van der Waals surface area (Å²) in [6.07, 6.45) is 4.40. The van der Waals surface area contributed by atoms with Gasteiger partial charge < -0.3 is 9.15 Å². The molecule has 3 heterocycles. The van der Waals surface area contributed by atoms with Crippen LogP contribution in [0.4, 0.5) is 0 Å². The van der Waals surface area contributed by atoms with Crippen LogP contribution in [0.5, 0.6) is 5.75 Å². The van der Waals surface area contributed by atoms with E-state index in [9.17, 15) is 9.59 Å². The molecule has 0 saturated carbocycles. The van der Waals surface area contributed by atoms with E-state index < -0.39 is 5.91 Å². The number of methoxy groups -OCH3 is 1. The molecule has 10 heteroatoms. The summed E-state index contributed by atoms with van der Waals surface area (Å²) in [5, 5.41) is 9.59. The molecule has 0 unspecified atom stereocenters. The second kappa shape index (κ2) is 6.71. The standard InChI is InChI=1S/C17H12N4O4S2/c1-24-11-5-3-4-9-12(22)8(7-25-13(9)11)6-10-14(18)21-16(19-15(10)23)27-20-17(21)26-2/h3-7,18H,1-2H3. The predicted octanol–water partition coefficient (Wildman–Crippen LogP) is 2.74. The molecule has 0 bridgehead atoms. The van der Waals surface area contributed by atoms with Crippen molar-refractivity contribution in [1.82, 2.24) is 4.90 Å². The molecule has 27 heavy (non-hydrogen) atoms. The van der Waals surface area contributed by atoms with Crippen LogP contribution in [0.1, 0.15) is 5.56 Å². The molecule has 1 aromatic heterocycles. The highest BCUT2D eigenvalue weighted by Crippen LogP contribution is 2.31. The smallest absolute Gasteiger partial charge is 0.283 e. The van der Waals surface area contributed by atoms with Crippen molar-refractivity contribution < 1.29 is 13.9 Å². The Morgan fingerprint density at radius 1 is 1.37 bits per heavy atom. The maximum atomic E-state index is 12.8. The van der Waals surface area contributed by atoms with E-state index in [4.69, 9.17) is 14.6 Å². The van der Waals surface area contributed by atoms with E-state index in [-0.39, 0.29) is 22.4 Å². The third-order valence-electron chi connectivity index (χ3n) is 3.99. The minimum Gasteiger partial charge on any atom is -0.493 e. The van der Waals surface area contributed by atoms with E-state index in [1.165, 1.54) is 36.1 Å². The lowest BCUT2D eigenvalue weighted by Gasteiger charge is -2.23. The Morgan fingerprint density at radius 3 is 2.93 bits per heavy atom. The molecule has 2 aliphatic rings. The van der Waals surface area contributed by atoms with E-state index in [1.54, 1.807) is 18.2 Å². The molecule has 0 saturated heterocycles. The lowest BCUT2D eigenvalue weighted by Crippen LogP contribution is -2.41. The summed E-state index contributed by atoms with van der Waals surface area (Å²) in [5.41, 5.74) is 0.146. The summed E-state index contributed by atoms with van der Waals surface area (Å²) in [6.45, 7) is 0. The van der Waals surface area contributed by atoms with E-state index in [0.717, 1.165) is 11.9 Å². The molecule has 0 fully saturated rings. The third-order valence-corrected chi connectivity index (χ3v) is 5.44. The maximum Gasteiger partial charge on any atom is 0.283 e. The molecule has 0 atom stereocenters. The quantitative estimate of drug-likeness (QED) is 0.610. The monoisotopic (exact) mass is 400 g/mol. The average Bonchev–Trinajstić information content (AvgIpc) is 3.09. The number of nitrogens with one attached hydrogen (secondary N) is 1. The summed E-state index contributed by atoms with van der Waals surface area (Å²) in [4.78, 5) is 30.6. The third kappa shape index (κ3) is 2.77. The van der Waals surface area contributed by atoms with Gasteiger partial charge in [-0.25, -0.2) is 4.90 Å². The van der Waals surface area contributed by atoms with Crippen LogP contribution in [0.3, 0.4) is 0 Å². The zero-order chi connectivity index (χ0) is 19.1. The Hall–Kier alpha value is -2.85. The van der Waals surface area contributed by atoms with Crippen LogP contribution in [0.25, 0.3) is 17.0 Å². The van der Waals surface area contributed by atoms with Gasteiger partial charge in [0.05, 0.1) is 35.6 Å². The van der Waals surface area contributed by atoms with Crippen molar-refractivity contribution in [3.8, 4) is 5.75 Å². The lowest BCUT2D eigenvalue weighted by atomic mass is 10.1. The van der Waals surface area contributed by atoms with Crippen molar-refractivity contribution in [3.05, 3.63) is 45.8 Å². The molecular formula is C17H12N4O4S2. The van der Waals surface area contributed by atoms with E-state index in [1.807, 2.05) is 6.26 Å². The zero-order valence-corrected chi connectivity index (χ0v) is 15.8. The van der Waals surface area contributed by atoms with Gasteiger partial charge in [-0.05, 0) is 24.5 Å². The maximum absolute atomic E-state index is 12.8. The van der Waals surface area contributed by atoms with Gasteiger partial charge in [0.1, 0.15) is 12.1 Å². The summed E-state index contributed by atoms with van der Waals surface area (Å²) in [6, 6.07) is 4.99. The number of carbonyl (C=O) groups excluding carboxylic acids is 1. The van der Waals surface area contributed by atoms with Gasteiger partial charge in [0.2, 0.25) is 5.17 Å². The van der Waals surface area contributed by atoms with Crippen molar-refractivity contribution in [1.29, 1.82) is 5.41 Å². The van der Waals surface area contributed by atoms with Gasteiger partial charge in [-0.3, -0.25) is 15.0 Å². The molecule has 2 aliphatic heterocycles. The Morgan fingerprint density at radius 2 is 2.19 bits per heavy atom. The Bertz CT molecular complexity index is 1150. The number of benzene rings is 1. The highest BCUT2D eigenvalue weighted by Gasteiger charge is 2.37. The zero-order valence-electron chi connectivity index (χ0n) is 14.2. The molecule has 8 nitrogen and oxygen atoms in total. The second-order valence-electron chi connectivity index (χ2n) is 5.47. The number of fused-ring (bicyclic) bond motifs is 2. The van der Waals surface area contributed by atoms with Crippen LogP contribution in [0.2, 0.25) is 0 Å². The lowest BCUT2D eigenvalue weighted by molar-refractivity contribution is -0.114. The number of nitrogens with zero attached hydrogens (tertiary/aromatic N) is 3. The summed E-state index contributed by atoms with van der Waals surface area (Å²) in [5.74, 6) is -0.232. The molecule has 136 valence electrons. The first-order valence-electron chi connectivity index (χ1n) is 7.66. The number of carbonyl (C=O) groups is 1. The number of hydrogen-bond donors (Lipinski definition) is 1. The number of ether oxygens (including phenoxy) is 1. The highest BCUT2D eigenvalue weighted by atomic mass is 32.2. The largest absolute Gasteiger partial charge is 0.493 e. The van der Waals surface area contributed by atoms with Crippen LogP contribution in [0, 0.1) is 5.41 Å². The minimum absolute atomic E-state index is 0.00227. The van der Waals surface area contributed by atoms with Gasteiger partial charge in [-0.1, -0.05) is 17.8 Å². The molecule has 1 amide bonds. The second-order valence-corrected chi connectivity index (χ2v) is 6.97. The summed E-state index contributed by atoms with van der Waals surface area (Å²) >= 11 is 2.39. The molecule has 0 aliphatic carbocycles. The van der Waals surface area contributed by atoms with Crippen molar-refractivity contribution >= 4 is 62.8 Å². The number of para-hydroxylation sites is 1. The fourth-order valence-corrected chi connectivity index (χ4v) is 4.15. The number of amides is 1. The van der Waals surface area contributed by atoms with Crippen LogP contribution in [-0.4, -0.2) is 40.3 Å². The van der Waals surface area contributed by atoms with Crippen molar-refractivity contribution in [2.45, 2.75) is 0 Å². The topological polar surface area (TPSA) is 108 Å². The summed E-state index contributed by atoms with van der Waals surface area (Å²) in [7, 11) is 1.49. The SMILES string of the molecule is COc1cccc2c(=O)c(C=C3C(=N)N4C(SC)=NSC4=NC3=O)coc12. The van der Waals surface area contributed by atoms with Gasteiger partial charge in [-0.2, -0.15) is 9.39 Å². The molecule has 1 aromatic carbocycles. The van der Waals surface area contributed by atoms with Gasteiger partial charge in [0.25, 0.3) is 5.91 Å². The van der Waals surface area contributed by atoms with Crippen LogP contribution >= 0.6 is 23.7 Å². The van der Waals surface area contributed by atoms with E-state index in [0.29, 0.717) is 27.1 Å². The number of amidine groups is 3. The van der Waals surface area contributed by atoms with E-state index >= 15 is 0 Å². The average molecular weight is 400 g/mol. The first-order valence-corrected chi connectivity index (χ1v) is 9.66. The Balaban J connectivity index is 1.83. The fourth-order valence-electron chi connectivity index (χ4n) is 2.70. The first-order chi connectivity index (χ1) is 13.0. The minimum atomic E-state index is -0.596. The van der Waals surface area contributed by atoms with Gasteiger partial charge in [0.15, 0.2) is 21.9 Å². The number of rotatable bonds is 2. The van der Waals surface area contributed by atoms with Crippen LogP contribution < -0.4 is 10.2 Å². The Labute approximate surface area is 161 Å².